The van der Waals surface area contributed by atoms with E-state index in [1.54, 1.807) is 0 Å². The summed E-state index contributed by atoms with van der Waals surface area (Å²) in [6.45, 7) is 8.15. The molecule has 0 aliphatic rings. The molecule has 0 aliphatic heterocycles. The molecule has 0 spiro atoms. The molecule has 0 aromatic rings. The van der Waals surface area contributed by atoms with Crippen LogP contribution >= 0.6 is 12.2 Å². The van der Waals surface area contributed by atoms with Gasteiger partial charge in [0.15, 0.2) is 5.05 Å². The molecule has 0 saturated carbocycles. The summed E-state index contributed by atoms with van der Waals surface area (Å²) in [5.41, 5.74) is -0.204. The van der Waals surface area contributed by atoms with Gasteiger partial charge in [-0.05, 0) is 18.1 Å². The topological polar surface area (TPSA) is 20.2 Å². The van der Waals surface area contributed by atoms with Crippen LogP contribution in [-0.4, -0.2) is 10.2 Å². The molecule has 0 radical (unpaired) electrons. The van der Waals surface area contributed by atoms with Gasteiger partial charge < -0.3 is 5.11 Å². The Balaban J connectivity index is 4.23. The standard InChI is InChI=1S/C8H16OS/c1-5-6(2)8(3,4)7(9)10/h6H,5H2,1-4H3,(H,9,10). The van der Waals surface area contributed by atoms with E-state index in [2.05, 4.69) is 13.8 Å². The predicted molar refractivity (Wildman–Crippen MR) is 48.5 cm³/mol. The molecule has 0 rings (SSSR count). The number of hydrogen-bond donors (Lipinski definition) is 1. The van der Waals surface area contributed by atoms with Gasteiger partial charge in [0.25, 0.3) is 0 Å². The Hall–Kier alpha value is -0.110. The molecule has 0 saturated heterocycles. The molecule has 0 heterocycles. The van der Waals surface area contributed by atoms with E-state index in [0.29, 0.717) is 5.92 Å². The molecule has 0 fully saturated rings. The van der Waals surface area contributed by atoms with Crippen molar-refractivity contribution in [3.8, 4) is 0 Å². The smallest absolute Gasteiger partial charge is 0.162 e. The summed E-state index contributed by atoms with van der Waals surface area (Å²) < 4.78 is 0. The van der Waals surface area contributed by atoms with Crippen molar-refractivity contribution in [1.82, 2.24) is 0 Å². The summed E-state index contributed by atoms with van der Waals surface area (Å²) in [7, 11) is 0. The van der Waals surface area contributed by atoms with E-state index in [1.807, 2.05) is 13.8 Å². The minimum absolute atomic E-state index is 0.127. The zero-order valence-electron chi connectivity index (χ0n) is 7.14. The molecule has 1 nitrogen and oxygen atoms in total. The van der Waals surface area contributed by atoms with E-state index in [1.165, 1.54) is 0 Å². The van der Waals surface area contributed by atoms with Gasteiger partial charge in [0, 0.05) is 5.41 Å². The highest BCUT2D eigenvalue weighted by atomic mass is 32.1. The minimum atomic E-state index is -0.204. The van der Waals surface area contributed by atoms with E-state index in [4.69, 9.17) is 17.3 Å². The molecule has 1 N–H and O–H groups in total. The average molecular weight is 160 g/mol. The molecular formula is C8H16OS. The van der Waals surface area contributed by atoms with Crippen LogP contribution in [0.25, 0.3) is 0 Å². The van der Waals surface area contributed by atoms with Crippen molar-refractivity contribution in [2.45, 2.75) is 34.1 Å². The van der Waals surface area contributed by atoms with Crippen molar-refractivity contribution in [3.05, 3.63) is 0 Å². The van der Waals surface area contributed by atoms with Crippen molar-refractivity contribution >= 4 is 17.3 Å². The first-order chi connectivity index (χ1) is 4.42. The van der Waals surface area contributed by atoms with Gasteiger partial charge in [-0.25, -0.2) is 0 Å². The van der Waals surface area contributed by atoms with Crippen LogP contribution in [0.15, 0.2) is 0 Å². The zero-order chi connectivity index (χ0) is 8.36. The van der Waals surface area contributed by atoms with Gasteiger partial charge in [-0.2, -0.15) is 0 Å². The maximum absolute atomic E-state index is 9.11. The van der Waals surface area contributed by atoms with Gasteiger partial charge in [-0.1, -0.05) is 34.1 Å². The SMILES string of the molecule is CCC(C)C(C)(C)C(O)=S. The minimum Gasteiger partial charge on any atom is -0.502 e. The van der Waals surface area contributed by atoms with Gasteiger partial charge in [-0.15, -0.1) is 0 Å². The number of aliphatic hydroxyl groups is 1. The second-order valence-electron chi connectivity index (χ2n) is 3.34. The Bertz CT molecular complexity index is 129. The lowest BCUT2D eigenvalue weighted by atomic mass is 9.79. The van der Waals surface area contributed by atoms with E-state index in [-0.39, 0.29) is 10.5 Å². The van der Waals surface area contributed by atoms with Gasteiger partial charge in [0.2, 0.25) is 0 Å². The van der Waals surface area contributed by atoms with Gasteiger partial charge >= 0.3 is 0 Å². The van der Waals surface area contributed by atoms with Gasteiger partial charge in [-0.3, -0.25) is 0 Å². The van der Waals surface area contributed by atoms with Crippen LogP contribution in [-0.2, 0) is 0 Å². The summed E-state index contributed by atoms with van der Waals surface area (Å²) in [5, 5.41) is 9.24. The Morgan fingerprint density at radius 3 is 2.10 bits per heavy atom. The van der Waals surface area contributed by atoms with E-state index >= 15 is 0 Å². The van der Waals surface area contributed by atoms with Crippen molar-refractivity contribution in [2.24, 2.45) is 11.3 Å². The summed E-state index contributed by atoms with van der Waals surface area (Å²) in [6, 6.07) is 0. The number of aliphatic hydroxyl groups excluding tert-OH is 1. The highest BCUT2D eigenvalue weighted by Crippen LogP contribution is 2.29. The number of hydrogen-bond acceptors (Lipinski definition) is 1. The molecule has 0 aliphatic carbocycles. The van der Waals surface area contributed by atoms with Crippen molar-refractivity contribution < 1.29 is 5.11 Å². The average Bonchev–Trinajstić information content (AvgIpc) is 1.86. The van der Waals surface area contributed by atoms with E-state index in [0.717, 1.165) is 6.42 Å². The van der Waals surface area contributed by atoms with Crippen LogP contribution in [0.1, 0.15) is 34.1 Å². The summed E-state index contributed by atoms with van der Waals surface area (Å²) in [6.07, 6.45) is 1.05. The highest BCUT2D eigenvalue weighted by Gasteiger charge is 2.28. The molecule has 0 aromatic heterocycles. The quantitative estimate of drug-likeness (QED) is 0.640. The van der Waals surface area contributed by atoms with Crippen molar-refractivity contribution in [2.75, 3.05) is 0 Å². The predicted octanol–water partition coefficient (Wildman–Crippen LogP) is 2.94. The molecule has 60 valence electrons. The fraction of sp³-hybridized carbons (Fsp3) is 0.875. The Morgan fingerprint density at radius 2 is 2.00 bits per heavy atom. The molecule has 1 unspecified atom stereocenters. The molecular weight excluding hydrogens is 144 g/mol. The molecule has 0 aromatic carbocycles. The first kappa shape index (κ1) is 9.89. The third-order valence-corrected chi connectivity index (χ3v) is 2.92. The van der Waals surface area contributed by atoms with Crippen LogP contribution in [0.3, 0.4) is 0 Å². The van der Waals surface area contributed by atoms with Crippen molar-refractivity contribution in [1.29, 1.82) is 0 Å². The molecule has 10 heavy (non-hydrogen) atoms. The van der Waals surface area contributed by atoms with Crippen LogP contribution in [0, 0.1) is 11.3 Å². The summed E-state index contributed by atoms with van der Waals surface area (Å²) in [5.74, 6) is 0.449. The second-order valence-corrected chi connectivity index (χ2v) is 3.72. The summed E-state index contributed by atoms with van der Waals surface area (Å²) >= 11 is 4.73. The van der Waals surface area contributed by atoms with Crippen molar-refractivity contribution in [3.63, 3.8) is 0 Å². The normalized spacial score (nSPS) is 14.8. The third-order valence-electron chi connectivity index (χ3n) is 2.40. The van der Waals surface area contributed by atoms with E-state index in [9.17, 15) is 0 Å². The van der Waals surface area contributed by atoms with Crippen LogP contribution in [0.4, 0.5) is 0 Å². The monoisotopic (exact) mass is 160 g/mol. The van der Waals surface area contributed by atoms with Gasteiger partial charge in [0.1, 0.15) is 0 Å². The van der Waals surface area contributed by atoms with Crippen LogP contribution in [0.5, 0.6) is 0 Å². The lowest BCUT2D eigenvalue weighted by Gasteiger charge is -2.28. The lowest BCUT2D eigenvalue weighted by molar-refractivity contribution is 0.288. The van der Waals surface area contributed by atoms with Gasteiger partial charge in [0.05, 0.1) is 0 Å². The van der Waals surface area contributed by atoms with Crippen LogP contribution < -0.4 is 0 Å². The molecule has 0 amide bonds. The lowest BCUT2D eigenvalue weighted by Crippen LogP contribution is -2.29. The highest BCUT2D eigenvalue weighted by molar-refractivity contribution is 7.80. The molecule has 1 atom stereocenters. The third kappa shape index (κ3) is 1.94. The Kier molecular flexibility index (Phi) is 3.29. The zero-order valence-corrected chi connectivity index (χ0v) is 7.96. The molecule has 0 bridgehead atoms. The maximum atomic E-state index is 9.11. The fourth-order valence-electron chi connectivity index (χ4n) is 0.721. The Labute approximate surface area is 68.4 Å². The molecule has 2 heteroatoms. The Morgan fingerprint density at radius 1 is 1.60 bits per heavy atom. The van der Waals surface area contributed by atoms with E-state index < -0.39 is 0 Å². The maximum Gasteiger partial charge on any atom is 0.162 e. The number of rotatable bonds is 3. The fourth-order valence-corrected chi connectivity index (χ4v) is 0.922. The first-order valence-electron chi connectivity index (χ1n) is 3.66. The first-order valence-corrected chi connectivity index (χ1v) is 4.07. The largest absolute Gasteiger partial charge is 0.502 e. The second kappa shape index (κ2) is 3.33. The van der Waals surface area contributed by atoms with Crippen LogP contribution in [0.2, 0.25) is 0 Å². The summed E-state index contributed by atoms with van der Waals surface area (Å²) in [4.78, 5) is 0. The number of thiocarbonyl (C=S) groups is 1.